The number of ether oxygens (including phenoxy) is 2. The van der Waals surface area contributed by atoms with Gasteiger partial charge in [-0.1, -0.05) is 27.7 Å². The third kappa shape index (κ3) is 3.66. The Hall–Kier alpha value is -1.22. The summed E-state index contributed by atoms with van der Waals surface area (Å²) in [4.78, 5) is 0. The zero-order valence-corrected chi connectivity index (χ0v) is 13.3. The molecule has 20 heavy (non-hydrogen) atoms. The molecule has 0 spiro atoms. The highest BCUT2D eigenvalue weighted by molar-refractivity contribution is 5.43. The monoisotopic (exact) mass is 277 g/mol. The fourth-order valence-corrected chi connectivity index (χ4v) is 2.90. The van der Waals surface area contributed by atoms with Gasteiger partial charge >= 0.3 is 0 Å². The molecule has 0 bridgehead atoms. The van der Waals surface area contributed by atoms with Crippen LogP contribution < -0.4 is 14.8 Å². The highest BCUT2D eigenvalue weighted by Gasteiger charge is 2.30. The molecule has 1 N–H and O–H groups in total. The quantitative estimate of drug-likeness (QED) is 0.904. The number of benzene rings is 1. The molecule has 1 aromatic rings. The van der Waals surface area contributed by atoms with Crippen molar-refractivity contribution in [3.63, 3.8) is 0 Å². The molecule has 112 valence electrons. The van der Waals surface area contributed by atoms with Crippen molar-refractivity contribution in [2.45, 2.75) is 52.7 Å². The van der Waals surface area contributed by atoms with Gasteiger partial charge < -0.3 is 14.8 Å². The van der Waals surface area contributed by atoms with E-state index in [-0.39, 0.29) is 11.5 Å². The first-order valence-electron chi connectivity index (χ1n) is 7.51. The Kier molecular flexibility index (Phi) is 4.59. The van der Waals surface area contributed by atoms with Crippen LogP contribution in [0, 0.1) is 5.41 Å². The first kappa shape index (κ1) is 15.2. The Bertz CT molecular complexity index is 451. The van der Waals surface area contributed by atoms with Gasteiger partial charge in [0.2, 0.25) is 0 Å². The van der Waals surface area contributed by atoms with Crippen molar-refractivity contribution in [2.24, 2.45) is 5.41 Å². The molecule has 1 heterocycles. The molecule has 0 saturated heterocycles. The van der Waals surface area contributed by atoms with E-state index in [2.05, 4.69) is 39.1 Å². The minimum absolute atomic E-state index is 0.278. The molecule has 1 aliphatic heterocycles. The van der Waals surface area contributed by atoms with Crippen LogP contribution in [0.15, 0.2) is 18.2 Å². The van der Waals surface area contributed by atoms with Gasteiger partial charge in [-0.2, -0.15) is 0 Å². The van der Waals surface area contributed by atoms with Gasteiger partial charge in [0.05, 0.1) is 7.11 Å². The summed E-state index contributed by atoms with van der Waals surface area (Å²) in [6.45, 7) is 9.91. The zero-order chi connectivity index (χ0) is 14.8. The molecular weight excluding hydrogens is 250 g/mol. The van der Waals surface area contributed by atoms with Crippen LogP contribution in [-0.4, -0.2) is 19.8 Å². The maximum Gasteiger partial charge on any atom is 0.124 e. The topological polar surface area (TPSA) is 30.5 Å². The lowest BCUT2D eigenvalue weighted by atomic mass is 9.84. The van der Waals surface area contributed by atoms with E-state index in [1.807, 2.05) is 12.1 Å². The van der Waals surface area contributed by atoms with Crippen molar-refractivity contribution in [1.82, 2.24) is 5.32 Å². The van der Waals surface area contributed by atoms with Gasteiger partial charge in [0.1, 0.15) is 17.6 Å². The van der Waals surface area contributed by atoms with Crippen LogP contribution in [0.1, 0.15) is 52.1 Å². The average molecular weight is 277 g/mol. The van der Waals surface area contributed by atoms with Crippen LogP contribution >= 0.6 is 0 Å². The van der Waals surface area contributed by atoms with E-state index in [1.54, 1.807) is 7.11 Å². The molecule has 2 atom stereocenters. The standard InChI is InChI=1S/C17H27NO2/c1-6-18-15-10-13(11-17(2,3)4)20-16-8-7-12(19-5)9-14(15)16/h7-9,13,15,18H,6,10-11H2,1-5H3. The third-order valence-corrected chi connectivity index (χ3v) is 3.68. The lowest BCUT2D eigenvalue weighted by Crippen LogP contribution is -2.35. The van der Waals surface area contributed by atoms with E-state index in [1.165, 1.54) is 5.56 Å². The largest absolute Gasteiger partial charge is 0.497 e. The van der Waals surface area contributed by atoms with Crippen LogP contribution in [-0.2, 0) is 0 Å². The predicted octanol–water partition coefficient (Wildman–Crippen LogP) is 3.93. The average Bonchev–Trinajstić information content (AvgIpc) is 2.36. The molecule has 0 amide bonds. The molecule has 0 aliphatic carbocycles. The second kappa shape index (κ2) is 6.04. The van der Waals surface area contributed by atoms with Gasteiger partial charge in [-0.3, -0.25) is 0 Å². The summed E-state index contributed by atoms with van der Waals surface area (Å²) in [6, 6.07) is 6.45. The molecule has 3 nitrogen and oxygen atoms in total. The van der Waals surface area contributed by atoms with Crippen molar-refractivity contribution < 1.29 is 9.47 Å². The highest BCUT2D eigenvalue weighted by atomic mass is 16.5. The van der Waals surface area contributed by atoms with Crippen molar-refractivity contribution >= 4 is 0 Å². The minimum atomic E-state index is 0.278. The van der Waals surface area contributed by atoms with Crippen molar-refractivity contribution in [2.75, 3.05) is 13.7 Å². The van der Waals surface area contributed by atoms with Crippen LogP contribution in [0.5, 0.6) is 11.5 Å². The van der Waals surface area contributed by atoms with Crippen LogP contribution in [0.4, 0.5) is 0 Å². The van der Waals surface area contributed by atoms with Gasteiger partial charge in [-0.05, 0) is 36.6 Å². The molecule has 3 heteroatoms. The minimum Gasteiger partial charge on any atom is -0.497 e. The first-order valence-corrected chi connectivity index (χ1v) is 7.51. The number of methoxy groups -OCH3 is 1. The van der Waals surface area contributed by atoms with E-state index in [0.717, 1.165) is 30.9 Å². The van der Waals surface area contributed by atoms with Crippen LogP contribution in [0.2, 0.25) is 0 Å². The summed E-state index contributed by atoms with van der Waals surface area (Å²) >= 11 is 0. The molecule has 0 radical (unpaired) electrons. The summed E-state index contributed by atoms with van der Waals surface area (Å²) < 4.78 is 11.5. The van der Waals surface area contributed by atoms with E-state index in [0.29, 0.717) is 6.04 Å². The van der Waals surface area contributed by atoms with Crippen LogP contribution in [0.3, 0.4) is 0 Å². The molecule has 1 aliphatic rings. The SMILES string of the molecule is CCNC1CC(CC(C)(C)C)Oc2ccc(OC)cc21. The Balaban J connectivity index is 2.24. The summed E-state index contributed by atoms with van der Waals surface area (Å²) in [5.74, 6) is 1.89. The Morgan fingerprint density at radius 1 is 1.35 bits per heavy atom. The van der Waals surface area contributed by atoms with Gasteiger partial charge in [0.25, 0.3) is 0 Å². The lowest BCUT2D eigenvalue weighted by molar-refractivity contribution is 0.105. The molecule has 0 fully saturated rings. The number of hydrogen-bond donors (Lipinski definition) is 1. The molecule has 0 aromatic heterocycles. The van der Waals surface area contributed by atoms with Gasteiger partial charge in [0.15, 0.2) is 0 Å². The summed E-state index contributed by atoms with van der Waals surface area (Å²) in [7, 11) is 1.70. The van der Waals surface area contributed by atoms with Crippen LogP contribution in [0.25, 0.3) is 0 Å². The first-order chi connectivity index (χ1) is 9.43. The summed E-state index contributed by atoms with van der Waals surface area (Å²) in [6.07, 6.45) is 2.37. The van der Waals surface area contributed by atoms with E-state index in [4.69, 9.17) is 9.47 Å². The fraction of sp³-hybridized carbons (Fsp3) is 0.647. The molecule has 2 rings (SSSR count). The Morgan fingerprint density at radius 2 is 2.10 bits per heavy atom. The second-order valence-corrected chi connectivity index (χ2v) is 6.75. The highest BCUT2D eigenvalue weighted by Crippen LogP contribution is 2.39. The zero-order valence-electron chi connectivity index (χ0n) is 13.3. The molecular formula is C17H27NO2. The number of hydrogen-bond acceptors (Lipinski definition) is 3. The maximum atomic E-state index is 6.19. The molecule has 2 unspecified atom stereocenters. The van der Waals surface area contributed by atoms with E-state index in [9.17, 15) is 0 Å². The smallest absolute Gasteiger partial charge is 0.124 e. The Labute approximate surface area is 122 Å². The summed E-state index contributed by atoms with van der Waals surface area (Å²) in [5, 5.41) is 3.57. The summed E-state index contributed by atoms with van der Waals surface area (Å²) in [5.41, 5.74) is 1.50. The van der Waals surface area contributed by atoms with Gasteiger partial charge in [0, 0.05) is 18.0 Å². The number of fused-ring (bicyclic) bond motifs is 1. The fourth-order valence-electron chi connectivity index (χ4n) is 2.90. The second-order valence-electron chi connectivity index (χ2n) is 6.75. The normalized spacial score (nSPS) is 22.1. The maximum absolute atomic E-state index is 6.19. The van der Waals surface area contributed by atoms with Gasteiger partial charge in [-0.15, -0.1) is 0 Å². The van der Waals surface area contributed by atoms with Crippen molar-refractivity contribution in [3.8, 4) is 11.5 Å². The van der Waals surface area contributed by atoms with Crippen molar-refractivity contribution in [1.29, 1.82) is 0 Å². The van der Waals surface area contributed by atoms with Crippen molar-refractivity contribution in [3.05, 3.63) is 23.8 Å². The Morgan fingerprint density at radius 3 is 2.70 bits per heavy atom. The van der Waals surface area contributed by atoms with E-state index < -0.39 is 0 Å². The number of nitrogens with one attached hydrogen (secondary N) is 1. The molecule has 0 saturated carbocycles. The predicted molar refractivity (Wildman–Crippen MR) is 82.5 cm³/mol. The third-order valence-electron chi connectivity index (χ3n) is 3.68. The lowest BCUT2D eigenvalue weighted by Gasteiger charge is -2.35. The molecule has 1 aromatic carbocycles. The van der Waals surface area contributed by atoms with Gasteiger partial charge in [-0.25, -0.2) is 0 Å². The number of rotatable bonds is 4. The van der Waals surface area contributed by atoms with E-state index >= 15 is 0 Å².